The third-order valence-corrected chi connectivity index (χ3v) is 4.78. The molecule has 0 aliphatic carbocycles. The summed E-state index contributed by atoms with van der Waals surface area (Å²) in [5, 5.41) is 3.03. The highest BCUT2D eigenvalue weighted by Crippen LogP contribution is 2.28. The van der Waals surface area contributed by atoms with Crippen LogP contribution in [-0.4, -0.2) is 7.05 Å². The Labute approximate surface area is 143 Å². The predicted molar refractivity (Wildman–Crippen MR) is 88.7 cm³/mol. The molecule has 0 amide bonds. The summed E-state index contributed by atoms with van der Waals surface area (Å²) in [4.78, 5) is 0. The molecule has 0 aliphatic heterocycles. The van der Waals surface area contributed by atoms with Gasteiger partial charge in [0.05, 0.1) is 4.47 Å². The maximum atomic E-state index is 14.1. The van der Waals surface area contributed by atoms with Gasteiger partial charge in [0.2, 0.25) is 0 Å². The molecule has 0 fully saturated rings. The summed E-state index contributed by atoms with van der Waals surface area (Å²) in [5.74, 6) is -1.53. The van der Waals surface area contributed by atoms with Gasteiger partial charge < -0.3 is 5.32 Å². The lowest BCUT2D eigenvalue weighted by molar-refractivity contribution is 0.511. The van der Waals surface area contributed by atoms with Crippen LogP contribution in [0.1, 0.15) is 17.2 Å². The minimum Gasteiger partial charge on any atom is -0.313 e. The van der Waals surface area contributed by atoms with Crippen molar-refractivity contribution < 1.29 is 13.2 Å². The molecule has 2 aromatic rings. The molecular formula is C15H12BrF3IN. The zero-order chi connectivity index (χ0) is 15.6. The van der Waals surface area contributed by atoms with E-state index in [0.717, 1.165) is 5.56 Å². The van der Waals surface area contributed by atoms with Gasteiger partial charge in [-0.3, -0.25) is 0 Å². The van der Waals surface area contributed by atoms with E-state index in [2.05, 4.69) is 21.2 Å². The summed E-state index contributed by atoms with van der Waals surface area (Å²) in [7, 11) is 1.71. The van der Waals surface area contributed by atoms with Crippen LogP contribution in [-0.2, 0) is 6.42 Å². The molecule has 0 aromatic heterocycles. The minimum absolute atomic E-state index is 0.00356. The van der Waals surface area contributed by atoms with E-state index in [9.17, 15) is 13.2 Å². The molecule has 2 rings (SSSR count). The zero-order valence-electron chi connectivity index (χ0n) is 11.1. The third-order valence-electron chi connectivity index (χ3n) is 3.23. The van der Waals surface area contributed by atoms with Crippen molar-refractivity contribution in [3.8, 4) is 0 Å². The van der Waals surface area contributed by atoms with Crippen LogP contribution in [0.25, 0.3) is 0 Å². The van der Waals surface area contributed by atoms with Crippen molar-refractivity contribution in [2.45, 2.75) is 12.5 Å². The number of rotatable bonds is 4. The highest BCUT2D eigenvalue weighted by atomic mass is 127. The Morgan fingerprint density at radius 3 is 2.52 bits per heavy atom. The second kappa shape index (κ2) is 7.11. The molecule has 1 unspecified atom stereocenters. The Balaban J connectivity index is 2.38. The largest absolute Gasteiger partial charge is 0.313 e. The lowest BCUT2D eigenvalue weighted by Gasteiger charge is -2.19. The van der Waals surface area contributed by atoms with Crippen molar-refractivity contribution in [3.05, 3.63) is 67.0 Å². The standard InChI is InChI=1S/C15H12BrF3IN/c1-21-14(9-3-2-8(17)6-13(9)20)7-10-12(18)5-4-11(16)15(10)19/h2-6,14,21H,7H2,1H3. The molecule has 6 heteroatoms. The van der Waals surface area contributed by atoms with Gasteiger partial charge in [0.1, 0.15) is 17.5 Å². The molecular weight excluding hydrogens is 458 g/mol. The SMILES string of the molecule is CNC(Cc1c(F)ccc(Br)c1F)c1ccc(F)cc1I. The molecule has 0 bridgehead atoms. The molecule has 0 heterocycles. The number of nitrogens with one attached hydrogen (secondary N) is 1. The third kappa shape index (κ3) is 3.78. The van der Waals surface area contributed by atoms with E-state index < -0.39 is 11.6 Å². The van der Waals surface area contributed by atoms with Crippen LogP contribution < -0.4 is 5.32 Å². The number of likely N-dealkylation sites (N-methyl/N-ethyl adjacent to an activating group) is 1. The van der Waals surface area contributed by atoms with Crippen LogP contribution in [0.3, 0.4) is 0 Å². The van der Waals surface area contributed by atoms with Gasteiger partial charge in [-0.15, -0.1) is 0 Å². The van der Waals surface area contributed by atoms with Crippen molar-refractivity contribution >= 4 is 38.5 Å². The molecule has 2 aromatic carbocycles. The van der Waals surface area contributed by atoms with Crippen molar-refractivity contribution in [2.24, 2.45) is 0 Å². The molecule has 112 valence electrons. The minimum atomic E-state index is -0.604. The second-order valence-corrected chi connectivity index (χ2v) is 6.55. The average molecular weight is 470 g/mol. The molecule has 1 N–H and O–H groups in total. The number of halogens is 5. The van der Waals surface area contributed by atoms with E-state index in [1.54, 1.807) is 13.1 Å². The van der Waals surface area contributed by atoms with Gasteiger partial charge in [-0.2, -0.15) is 0 Å². The van der Waals surface area contributed by atoms with Crippen LogP contribution in [0, 0.1) is 21.0 Å². The summed E-state index contributed by atoms with van der Waals surface area (Å²) < 4.78 is 42.0. The van der Waals surface area contributed by atoms with Crippen LogP contribution in [0.2, 0.25) is 0 Å². The maximum Gasteiger partial charge on any atom is 0.143 e. The van der Waals surface area contributed by atoms with E-state index in [0.29, 0.717) is 3.57 Å². The van der Waals surface area contributed by atoms with E-state index in [1.165, 1.54) is 24.3 Å². The molecule has 21 heavy (non-hydrogen) atoms. The topological polar surface area (TPSA) is 12.0 Å². The first-order valence-corrected chi connectivity index (χ1v) is 8.05. The molecule has 1 nitrogen and oxygen atoms in total. The maximum absolute atomic E-state index is 14.1. The van der Waals surface area contributed by atoms with Crippen LogP contribution in [0.15, 0.2) is 34.8 Å². The predicted octanol–water partition coefficient (Wildman–Crippen LogP) is 4.97. The summed E-state index contributed by atoms with van der Waals surface area (Å²) in [5.41, 5.74) is 0.808. The molecule has 0 spiro atoms. The van der Waals surface area contributed by atoms with Gasteiger partial charge in [0, 0.05) is 15.2 Å². The van der Waals surface area contributed by atoms with Crippen LogP contribution >= 0.6 is 38.5 Å². The van der Waals surface area contributed by atoms with Gasteiger partial charge in [-0.05, 0) is 81.8 Å². The summed E-state index contributed by atoms with van der Waals surface area (Å²) in [6.45, 7) is 0. The van der Waals surface area contributed by atoms with Gasteiger partial charge in [0.25, 0.3) is 0 Å². The first kappa shape index (κ1) is 16.8. The van der Waals surface area contributed by atoms with Gasteiger partial charge >= 0.3 is 0 Å². The highest BCUT2D eigenvalue weighted by molar-refractivity contribution is 14.1. The zero-order valence-corrected chi connectivity index (χ0v) is 14.8. The lowest BCUT2D eigenvalue weighted by Crippen LogP contribution is -2.21. The monoisotopic (exact) mass is 469 g/mol. The van der Waals surface area contributed by atoms with Crippen molar-refractivity contribution in [2.75, 3.05) is 7.05 Å². The molecule has 0 aliphatic rings. The van der Waals surface area contributed by atoms with E-state index >= 15 is 0 Å². The smallest absolute Gasteiger partial charge is 0.143 e. The van der Waals surface area contributed by atoms with E-state index in [-0.39, 0.29) is 28.3 Å². The van der Waals surface area contributed by atoms with Gasteiger partial charge in [-0.25, -0.2) is 13.2 Å². The van der Waals surface area contributed by atoms with Gasteiger partial charge in [0.15, 0.2) is 0 Å². The summed E-state index contributed by atoms with van der Waals surface area (Å²) >= 11 is 5.07. The van der Waals surface area contributed by atoms with Crippen LogP contribution in [0.4, 0.5) is 13.2 Å². The Morgan fingerprint density at radius 2 is 1.90 bits per heavy atom. The molecule has 0 saturated carbocycles. The van der Waals surface area contributed by atoms with Crippen LogP contribution in [0.5, 0.6) is 0 Å². The first-order valence-electron chi connectivity index (χ1n) is 6.18. The molecule has 0 saturated heterocycles. The normalized spacial score (nSPS) is 12.5. The van der Waals surface area contributed by atoms with Crippen molar-refractivity contribution in [1.82, 2.24) is 5.32 Å². The van der Waals surface area contributed by atoms with Crippen molar-refractivity contribution in [3.63, 3.8) is 0 Å². The average Bonchev–Trinajstić information content (AvgIpc) is 2.44. The summed E-state index contributed by atoms with van der Waals surface area (Å²) in [6.07, 6.45) is 0.134. The first-order chi connectivity index (χ1) is 9.93. The van der Waals surface area contributed by atoms with Crippen molar-refractivity contribution in [1.29, 1.82) is 0 Å². The number of hydrogen-bond donors (Lipinski definition) is 1. The quantitative estimate of drug-likeness (QED) is 0.492. The molecule has 0 radical (unpaired) electrons. The van der Waals surface area contributed by atoms with E-state index in [4.69, 9.17) is 0 Å². The lowest BCUT2D eigenvalue weighted by atomic mass is 9.98. The number of benzene rings is 2. The second-order valence-electron chi connectivity index (χ2n) is 4.53. The fourth-order valence-corrected chi connectivity index (χ4v) is 3.34. The Kier molecular flexibility index (Phi) is 5.67. The molecule has 1 atom stereocenters. The number of hydrogen-bond acceptors (Lipinski definition) is 1. The van der Waals surface area contributed by atoms with Gasteiger partial charge in [-0.1, -0.05) is 6.07 Å². The highest BCUT2D eigenvalue weighted by Gasteiger charge is 2.20. The Bertz CT molecular complexity index is 664. The fraction of sp³-hybridized carbons (Fsp3) is 0.200. The Hall–Kier alpha value is -0.600. The fourth-order valence-electron chi connectivity index (χ4n) is 2.11. The Morgan fingerprint density at radius 1 is 1.19 bits per heavy atom. The van der Waals surface area contributed by atoms with E-state index in [1.807, 2.05) is 22.6 Å². The summed E-state index contributed by atoms with van der Waals surface area (Å²) in [6, 6.07) is 6.63.